The number of fused-ring (bicyclic) bond motifs is 1. The molecule has 1 saturated heterocycles. The molecule has 1 aliphatic heterocycles. The number of nitrogens with zero attached hydrogens (tertiary/aromatic N) is 2. The normalized spacial score (nSPS) is 28.9. The number of aromatic amines is 1. The highest BCUT2D eigenvalue weighted by atomic mass is 16.5. The molecular weight excluding hydrogens is 352 g/mol. The summed E-state index contributed by atoms with van der Waals surface area (Å²) in [5.74, 6) is 1.29. The molecule has 2 fully saturated rings. The summed E-state index contributed by atoms with van der Waals surface area (Å²) in [6.45, 7) is 1.17. The molecule has 148 valence electrons. The number of hydrogen-bond acceptors (Lipinski definition) is 4. The summed E-state index contributed by atoms with van der Waals surface area (Å²) in [6.07, 6.45) is 10.6. The van der Waals surface area contributed by atoms with Gasteiger partial charge in [0.2, 0.25) is 0 Å². The van der Waals surface area contributed by atoms with Crippen molar-refractivity contribution in [2.45, 2.75) is 50.0 Å². The Morgan fingerprint density at radius 1 is 1.36 bits per heavy atom. The number of nitrogens with one attached hydrogen (secondary N) is 2. The molecule has 2 bridgehead atoms. The Kier molecular flexibility index (Phi) is 4.19. The summed E-state index contributed by atoms with van der Waals surface area (Å²) >= 11 is 0. The second-order valence-electron chi connectivity index (χ2n) is 8.64. The van der Waals surface area contributed by atoms with Crippen LogP contribution >= 0.6 is 0 Å². The lowest BCUT2D eigenvalue weighted by molar-refractivity contribution is 0.00277. The standard InChI is InChI=1S/C22H28N4O2/c1-26-8-7-22-6-4-3-5-15(22)19(26)10-14-9-17(20(28-2)11-16(14)22)25-21(27)18-12-23-13-24-18/h9,11-13,15,19H,3-8,10H2,1-2H3,(H,23,24)(H,25,27)/t15?,19-,22+/m0/s1. The zero-order valence-corrected chi connectivity index (χ0v) is 16.6. The van der Waals surface area contributed by atoms with E-state index >= 15 is 0 Å². The second-order valence-corrected chi connectivity index (χ2v) is 8.64. The fourth-order valence-corrected chi connectivity index (χ4v) is 6.07. The third kappa shape index (κ3) is 2.58. The molecule has 1 aromatic heterocycles. The van der Waals surface area contributed by atoms with Crippen molar-refractivity contribution in [3.05, 3.63) is 41.5 Å². The van der Waals surface area contributed by atoms with Gasteiger partial charge in [-0.2, -0.15) is 0 Å². The minimum absolute atomic E-state index is 0.197. The minimum atomic E-state index is -0.197. The minimum Gasteiger partial charge on any atom is -0.495 e. The predicted octanol–water partition coefficient (Wildman–Crippen LogP) is 3.36. The van der Waals surface area contributed by atoms with Gasteiger partial charge in [0, 0.05) is 11.5 Å². The molecule has 2 aromatic rings. The van der Waals surface area contributed by atoms with Gasteiger partial charge in [-0.15, -0.1) is 0 Å². The number of hydrogen-bond donors (Lipinski definition) is 2. The summed E-state index contributed by atoms with van der Waals surface area (Å²) in [4.78, 5) is 21.9. The van der Waals surface area contributed by atoms with E-state index in [-0.39, 0.29) is 11.3 Å². The number of anilines is 1. The van der Waals surface area contributed by atoms with Gasteiger partial charge in [-0.1, -0.05) is 12.8 Å². The number of amides is 1. The van der Waals surface area contributed by atoms with E-state index in [1.54, 1.807) is 7.11 Å². The zero-order valence-electron chi connectivity index (χ0n) is 16.6. The highest BCUT2D eigenvalue weighted by Gasteiger charge is 2.53. The number of H-pyrrole nitrogens is 1. The number of carbonyl (C=O) groups excluding carboxylic acids is 1. The van der Waals surface area contributed by atoms with Crippen LogP contribution in [0.3, 0.4) is 0 Å². The molecule has 1 amide bonds. The first-order valence-corrected chi connectivity index (χ1v) is 10.3. The first-order chi connectivity index (χ1) is 13.6. The largest absolute Gasteiger partial charge is 0.495 e. The molecule has 2 aliphatic carbocycles. The van der Waals surface area contributed by atoms with Crippen molar-refractivity contribution in [3.8, 4) is 5.75 Å². The van der Waals surface area contributed by atoms with Crippen molar-refractivity contribution in [2.75, 3.05) is 26.0 Å². The van der Waals surface area contributed by atoms with Crippen LogP contribution in [0.1, 0.15) is 53.7 Å². The van der Waals surface area contributed by atoms with E-state index in [1.807, 2.05) is 0 Å². The number of likely N-dealkylation sites (N-methyl/N-ethyl adjacent to an activating group) is 1. The summed E-state index contributed by atoms with van der Waals surface area (Å²) in [5, 5.41) is 3.01. The molecule has 0 radical (unpaired) electrons. The molecule has 1 saturated carbocycles. The Balaban J connectivity index is 1.57. The Bertz CT molecular complexity index is 894. The number of rotatable bonds is 3. The molecule has 1 aromatic carbocycles. The topological polar surface area (TPSA) is 70.2 Å². The quantitative estimate of drug-likeness (QED) is 0.857. The molecule has 3 aliphatic rings. The average Bonchev–Trinajstić information content (AvgIpc) is 3.25. The average molecular weight is 380 g/mol. The lowest BCUT2D eigenvalue weighted by Gasteiger charge is -2.58. The van der Waals surface area contributed by atoms with Crippen molar-refractivity contribution in [3.63, 3.8) is 0 Å². The Hall–Kier alpha value is -2.34. The number of piperidine rings is 1. The number of ether oxygens (including phenoxy) is 1. The molecule has 6 nitrogen and oxygen atoms in total. The van der Waals surface area contributed by atoms with Crippen molar-refractivity contribution in [2.24, 2.45) is 5.92 Å². The van der Waals surface area contributed by atoms with E-state index in [0.29, 0.717) is 11.7 Å². The van der Waals surface area contributed by atoms with Crippen LogP contribution in [0.25, 0.3) is 0 Å². The first kappa shape index (κ1) is 17.7. The van der Waals surface area contributed by atoms with Gasteiger partial charge in [-0.3, -0.25) is 4.79 Å². The van der Waals surface area contributed by atoms with Crippen LogP contribution in [0.5, 0.6) is 5.75 Å². The molecule has 3 atom stereocenters. The maximum absolute atomic E-state index is 12.5. The summed E-state index contributed by atoms with van der Waals surface area (Å²) in [5.41, 5.74) is 4.31. The zero-order chi connectivity index (χ0) is 19.3. The third-order valence-electron chi connectivity index (χ3n) is 7.42. The lowest BCUT2D eigenvalue weighted by Crippen LogP contribution is -2.59. The van der Waals surface area contributed by atoms with Gasteiger partial charge >= 0.3 is 0 Å². The van der Waals surface area contributed by atoms with E-state index in [1.165, 1.54) is 62.3 Å². The van der Waals surface area contributed by atoms with Crippen molar-refractivity contribution < 1.29 is 9.53 Å². The SMILES string of the molecule is COc1cc2c(cc1NC(=O)c1cnc[nH]1)C[C@H]1C3CCCC[C@]23CCN1C. The van der Waals surface area contributed by atoms with E-state index in [2.05, 4.69) is 39.4 Å². The number of likely N-dealkylation sites (tertiary alicyclic amines) is 1. The number of aromatic nitrogens is 2. The maximum Gasteiger partial charge on any atom is 0.273 e. The van der Waals surface area contributed by atoms with Crippen molar-refractivity contribution >= 4 is 11.6 Å². The molecule has 2 heterocycles. The van der Waals surface area contributed by atoms with Crippen LogP contribution in [0.4, 0.5) is 5.69 Å². The monoisotopic (exact) mass is 380 g/mol. The summed E-state index contributed by atoms with van der Waals surface area (Å²) in [6, 6.07) is 4.98. The second kappa shape index (κ2) is 6.62. The van der Waals surface area contributed by atoms with Gasteiger partial charge in [0.15, 0.2) is 0 Å². The van der Waals surface area contributed by atoms with Crippen LogP contribution in [-0.2, 0) is 11.8 Å². The van der Waals surface area contributed by atoms with E-state index < -0.39 is 0 Å². The van der Waals surface area contributed by atoms with Crippen molar-refractivity contribution in [1.29, 1.82) is 0 Å². The number of methoxy groups -OCH3 is 1. The smallest absolute Gasteiger partial charge is 0.273 e. The van der Waals surface area contributed by atoms with Crippen LogP contribution in [0.15, 0.2) is 24.7 Å². The summed E-state index contributed by atoms with van der Waals surface area (Å²) < 4.78 is 5.71. The fourth-order valence-electron chi connectivity index (χ4n) is 6.07. The first-order valence-electron chi connectivity index (χ1n) is 10.3. The molecular formula is C22H28N4O2. The van der Waals surface area contributed by atoms with E-state index in [9.17, 15) is 4.79 Å². The molecule has 28 heavy (non-hydrogen) atoms. The van der Waals surface area contributed by atoms with Crippen LogP contribution in [0.2, 0.25) is 0 Å². The van der Waals surface area contributed by atoms with E-state index in [4.69, 9.17) is 4.74 Å². The van der Waals surface area contributed by atoms with Gasteiger partial charge in [0.05, 0.1) is 25.3 Å². The molecule has 1 unspecified atom stereocenters. The highest BCUT2D eigenvalue weighted by Crippen LogP contribution is 2.56. The third-order valence-corrected chi connectivity index (χ3v) is 7.42. The highest BCUT2D eigenvalue weighted by molar-refractivity contribution is 6.03. The van der Waals surface area contributed by atoms with Gasteiger partial charge in [0.1, 0.15) is 11.4 Å². The molecule has 0 spiro atoms. The molecule has 6 heteroatoms. The van der Waals surface area contributed by atoms with Gasteiger partial charge in [-0.05, 0) is 68.5 Å². The molecule has 2 N–H and O–H groups in total. The maximum atomic E-state index is 12.5. The predicted molar refractivity (Wildman–Crippen MR) is 108 cm³/mol. The lowest BCUT2D eigenvalue weighted by atomic mass is 9.52. The summed E-state index contributed by atoms with van der Waals surface area (Å²) in [7, 11) is 3.96. The van der Waals surface area contributed by atoms with Gasteiger partial charge in [-0.25, -0.2) is 4.98 Å². The number of benzene rings is 1. The fraction of sp³-hybridized carbons (Fsp3) is 0.545. The van der Waals surface area contributed by atoms with E-state index in [0.717, 1.165) is 23.8 Å². The Labute approximate surface area is 165 Å². The van der Waals surface area contributed by atoms with Crippen LogP contribution < -0.4 is 10.1 Å². The van der Waals surface area contributed by atoms with Gasteiger partial charge < -0.3 is 19.9 Å². The Morgan fingerprint density at radius 2 is 2.25 bits per heavy atom. The number of carbonyl (C=O) groups is 1. The van der Waals surface area contributed by atoms with Gasteiger partial charge in [0.25, 0.3) is 5.91 Å². The van der Waals surface area contributed by atoms with Crippen molar-refractivity contribution in [1.82, 2.24) is 14.9 Å². The number of imidazole rings is 1. The van der Waals surface area contributed by atoms with Crippen LogP contribution in [-0.4, -0.2) is 47.5 Å². The van der Waals surface area contributed by atoms with Crippen LogP contribution in [0, 0.1) is 5.92 Å². The Morgan fingerprint density at radius 3 is 3.04 bits per heavy atom. The molecule has 5 rings (SSSR count).